The Kier molecular flexibility index (Phi) is 4.81. The number of anilines is 1. The lowest BCUT2D eigenvalue weighted by atomic mass is 10.2. The number of fused-ring (bicyclic) bond motifs is 1. The summed E-state index contributed by atoms with van der Waals surface area (Å²) in [6, 6.07) is 16.0. The van der Waals surface area contributed by atoms with Crippen molar-refractivity contribution in [2.75, 3.05) is 31.5 Å². The summed E-state index contributed by atoms with van der Waals surface area (Å²) < 4.78 is 2.17. The molecule has 27 heavy (non-hydrogen) atoms. The van der Waals surface area contributed by atoms with Crippen LogP contribution < -0.4 is 5.32 Å². The second-order valence-corrected chi connectivity index (χ2v) is 7.14. The summed E-state index contributed by atoms with van der Waals surface area (Å²) in [5.41, 5.74) is 4.27. The molecule has 0 unspecified atom stereocenters. The van der Waals surface area contributed by atoms with Crippen LogP contribution in [-0.2, 0) is 13.6 Å². The number of piperazine rings is 1. The van der Waals surface area contributed by atoms with Gasteiger partial charge in [0, 0.05) is 38.9 Å². The fraction of sp³-hybridized carbons (Fsp3) is 0.333. The van der Waals surface area contributed by atoms with E-state index in [1.165, 1.54) is 5.56 Å². The molecule has 0 radical (unpaired) electrons. The van der Waals surface area contributed by atoms with Crippen LogP contribution in [0, 0.1) is 6.92 Å². The van der Waals surface area contributed by atoms with Gasteiger partial charge in [-0.2, -0.15) is 0 Å². The fourth-order valence-corrected chi connectivity index (χ4v) is 3.53. The van der Waals surface area contributed by atoms with Crippen LogP contribution in [0.2, 0.25) is 0 Å². The zero-order chi connectivity index (χ0) is 18.8. The molecule has 2 heterocycles. The molecular weight excluding hydrogens is 338 g/mol. The number of benzene rings is 2. The van der Waals surface area contributed by atoms with Crippen molar-refractivity contribution in [3.63, 3.8) is 0 Å². The Bertz CT molecular complexity index is 942. The molecule has 1 aromatic heterocycles. The standard InChI is InChI=1S/C21H25N5O/c1-16-8-9-19-18(14-16)23-20(24(19)2)15-25-10-12-26(13-11-25)21(27)22-17-6-4-3-5-7-17/h3-9,14H,10-13,15H2,1-2H3,(H,22,27). The normalized spacial score (nSPS) is 15.3. The molecule has 6 heteroatoms. The number of aromatic nitrogens is 2. The number of nitrogens with one attached hydrogen (secondary N) is 1. The molecule has 4 rings (SSSR count). The average Bonchev–Trinajstić information content (AvgIpc) is 2.98. The molecule has 0 aliphatic carbocycles. The molecule has 0 saturated carbocycles. The zero-order valence-electron chi connectivity index (χ0n) is 15.9. The first kappa shape index (κ1) is 17.5. The molecule has 140 valence electrons. The van der Waals surface area contributed by atoms with Crippen molar-refractivity contribution in [3.8, 4) is 0 Å². The third kappa shape index (κ3) is 3.80. The van der Waals surface area contributed by atoms with Crippen LogP contribution in [0.15, 0.2) is 48.5 Å². The van der Waals surface area contributed by atoms with Crippen LogP contribution in [0.1, 0.15) is 11.4 Å². The van der Waals surface area contributed by atoms with Crippen molar-refractivity contribution < 1.29 is 4.79 Å². The smallest absolute Gasteiger partial charge is 0.321 e. The topological polar surface area (TPSA) is 53.4 Å². The van der Waals surface area contributed by atoms with Gasteiger partial charge in [0.15, 0.2) is 0 Å². The van der Waals surface area contributed by atoms with Crippen LogP contribution in [0.3, 0.4) is 0 Å². The second-order valence-electron chi connectivity index (χ2n) is 7.14. The molecule has 1 aliphatic rings. The van der Waals surface area contributed by atoms with Gasteiger partial charge in [-0.15, -0.1) is 0 Å². The summed E-state index contributed by atoms with van der Waals surface area (Å²) in [6.07, 6.45) is 0. The van der Waals surface area contributed by atoms with Crippen molar-refractivity contribution >= 4 is 22.8 Å². The minimum absolute atomic E-state index is 0.0287. The van der Waals surface area contributed by atoms with Crippen molar-refractivity contribution in [1.82, 2.24) is 19.4 Å². The highest BCUT2D eigenvalue weighted by atomic mass is 16.2. The lowest BCUT2D eigenvalue weighted by molar-refractivity contribution is 0.140. The van der Waals surface area contributed by atoms with E-state index in [0.717, 1.165) is 55.3 Å². The summed E-state index contributed by atoms with van der Waals surface area (Å²) in [4.78, 5) is 21.5. The minimum Gasteiger partial charge on any atom is -0.330 e. The van der Waals surface area contributed by atoms with Gasteiger partial charge in [0.05, 0.1) is 17.6 Å². The predicted molar refractivity (Wildman–Crippen MR) is 108 cm³/mol. The van der Waals surface area contributed by atoms with Crippen LogP contribution in [0.25, 0.3) is 11.0 Å². The second kappa shape index (κ2) is 7.40. The van der Waals surface area contributed by atoms with E-state index in [0.29, 0.717) is 0 Å². The number of rotatable bonds is 3. The maximum Gasteiger partial charge on any atom is 0.321 e. The fourth-order valence-electron chi connectivity index (χ4n) is 3.53. The largest absolute Gasteiger partial charge is 0.330 e. The van der Waals surface area contributed by atoms with Crippen LogP contribution in [-0.4, -0.2) is 51.6 Å². The van der Waals surface area contributed by atoms with E-state index in [9.17, 15) is 4.79 Å². The summed E-state index contributed by atoms with van der Waals surface area (Å²) in [5.74, 6) is 1.07. The van der Waals surface area contributed by atoms with Gasteiger partial charge in [-0.05, 0) is 36.8 Å². The van der Waals surface area contributed by atoms with Gasteiger partial charge in [0.1, 0.15) is 5.82 Å². The quantitative estimate of drug-likeness (QED) is 0.777. The summed E-state index contributed by atoms with van der Waals surface area (Å²) >= 11 is 0. The Labute approximate surface area is 159 Å². The van der Waals surface area contributed by atoms with Gasteiger partial charge in [0.25, 0.3) is 0 Å². The lowest BCUT2D eigenvalue weighted by Gasteiger charge is -2.34. The van der Waals surface area contributed by atoms with Gasteiger partial charge < -0.3 is 14.8 Å². The number of carbonyl (C=O) groups excluding carboxylic acids is 1. The van der Waals surface area contributed by atoms with Crippen LogP contribution in [0.5, 0.6) is 0 Å². The van der Waals surface area contributed by atoms with E-state index >= 15 is 0 Å². The molecule has 1 saturated heterocycles. The summed E-state index contributed by atoms with van der Waals surface area (Å²) in [6.45, 7) is 6.05. The maximum atomic E-state index is 12.4. The van der Waals surface area contributed by atoms with Crippen LogP contribution >= 0.6 is 0 Å². The number of para-hydroxylation sites is 1. The maximum absolute atomic E-state index is 12.4. The molecule has 1 aliphatic heterocycles. The highest BCUT2D eigenvalue weighted by Crippen LogP contribution is 2.18. The van der Waals surface area contributed by atoms with E-state index in [-0.39, 0.29) is 6.03 Å². The molecule has 3 aromatic rings. The molecule has 1 N–H and O–H groups in total. The molecule has 2 aromatic carbocycles. The number of hydrogen-bond donors (Lipinski definition) is 1. The van der Waals surface area contributed by atoms with Crippen molar-refractivity contribution in [2.45, 2.75) is 13.5 Å². The number of urea groups is 1. The Balaban J connectivity index is 1.36. The molecule has 0 atom stereocenters. The number of aryl methyl sites for hydroxylation is 2. The molecule has 0 bridgehead atoms. The summed E-state index contributed by atoms with van der Waals surface area (Å²) in [5, 5.41) is 2.96. The Morgan fingerprint density at radius 1 is 1.07 bits per heavy atom. The molecule has 2 amide bonds. The molecular formula is C21H25N5O. The number of imidazole rings is 1. The molecule has 0 spiro atoms. The van der Waals surface area contributed by atoms with Crippen molar-refractivity contribution in [1.29, 1.82) is 0 Å². The first-order valence-electron chi connectivity index (χ1n) is 9.35. The van der Waals surface area contributed by atoms with Gasteiger partial charge >= 0.3 is 6.03 Å². The molecule has 6 nitrogen and oxygen atoms in total. The number of nitrogens with zero attached hydrogens (tertiary/aromatic N) is 4. The molecule has 1 fully saturated rings. The average molecular weight is 363 g/mol. The minimum atomic E-state index is -0.0287. The third-order valence-corrected chi connectivity index (χ3v) is 5.18. The van der Waals surface area contributed by atoms with E-state index in [1.807, 2.05) is 35.2 Å². The lowest BCUT2D eigenvalue weighted by Crippen LogP contribution is -2.49. The summed E-state index contributed by atoms with van der Waals surface area (Å²) in [7, 11) is 2.07. The van der Waals surface area contributed by atoms with E-state index in [2.05, 4.69) is 47.0 Å². The van der Waals surface area contributed by atoms with Gasteiger partial charge in [-0.1, -0.05) is 24.3 Å². The first-order valence-corrected chi connectivity index (χ1v) is 9.35. The predicted octanol–water partition coefficient (Wildman–Crippen LogP) is 3.23. The number of amides is 2. The first-order chi connectivity index (χ1) is 13.1. The van der Waals surface area contributed by atoms with Gasteiger partial charge in [-0.3, -0.25) is 4.90 Å². The third-order valence-electron chi connectivity index (χ3n) is 5.18. The Hall–Kier alpha value is -2.86. The highest BCUT2D eigenvalue weighted by Gasteiger charge is 2.22. The monoisotopic (exact) mass is 363 g/mol. The zero-order valence-corrected chi connectivity index (χ0v) is 15.9. The highest BCUT2D eigenvalue weighted by molar-refractivity contribution is 5.89. The van der Waals surface area contributed by atoms with Gasteiger partial charge in [0.2, 0.25) is 0 Å². The van der Waals surface area contributed by atoms with Crippen molar-refractivity contribution in [3.05, 3.63) is 59.9 Å². The van der Waals surface area contributed by atoms with E-state index < -0.39 is 0 Å². The number of hydrogen-bond acceptors (Lipinski definition) is 3. The Morgan fingerprint density at radius 2 is 1.81 bits per heavy atom. The van der Waals surface area contributed by atoms with E-state index in [1.54, 1.807) is 0 Å². The van der Waals surface area contributed by atoms with Gasteiger partial charge in [-0.25, -0.2) is 9.78 Å². The SMILES string of the molecule is Cc1ccc2c(c1)nc(CN1CCN(C(=O)Nc3ccccc3)CC1)n2C. The number of carbonyl (C=O) groups is 1. The van der Waals surface area contributed by atoms with Crippen molar-refractivity contribution in [2.24, 2.45) is 7.05 Å². The van der Waals surface area contributed by atoms with E-state index in [4.69, 9.17) is 4.98 Å². The van der Waals surface area contributed by atoms with Crippen LogP contribution in [0.4, 0.5) is 10.5 Å². The Morgan fingerprint density at radius 3 is 2.56 bits per heavy atom.